The third kappa shape index (κ3) is 3.57. The fourth-order valence-electron chi connectivity index (χ4n) is 3.22. The number of hydrogen-bond acceptors (Lipinski definition) is 8. The van der Waals surface area contributed by atoms with Crippen molar-refractivity contribution in [2.75, 3.05) is 10.7 Å². The molecule has 0 radical (unpaired) electrons. The van der Waals surface area contributed by atoms with Crippen LogP contribution < -0.4 is 9.64 Å². The second kappa shape index (κ2) is 8.07. The largest absolute Gasteiger partial charge is 0.447 e. The van der Waals surface area contributed by atoms with Gasteiger partial charge < -0.3 is 4.74 Å². The van der Waals surface area contributed by atoms with E-state index in [1.54, 1.807) is 18.2 Å². The molecule has 0 saturated carbocycles. The van der Waals surface area contributed by atoms with Crippen molar-refractivity contribution in [3.8, 4) is 17.1 Å². The molecule has 0 bridgehead atoms. The van der Waals surface area contributed by atoms with Crippen molar-refractivity contribution in [2.24, 2.45) is 0 Å². The van der Waals surface area contributed by atoms with Crippen LogP contribution in [0.2, 0.25) is 0 Å². The maximum Gasteiger partial charge on any atom is 0.269 e. The summed E-state index contributed by atoms with van der Waals surface area (Å²) in [5.41, 5.74) is 2.22. The van der Waals surface area contributed by atoms with Gasteiger partial charge >= 0.3 is 0 Å². The first-order valence-electron chi connectivity index (χ1n) is 9.17. The first-order valence-corrected chi connectivity index (χ1v) is 10.2. The van der Waals surface area contributed by atoms with E-state index in [0.29, 0.717) is 27.7 Å². The maximum atomic E-state index is 12.7. The summed E-state index contributed by atoms with van der Waals surface area (Å²) >= 11 is 1.43. The van der Waals surface area contributed by atoms with E-state index in [2.05, 4.69) is 15.2 Å². The predicted molar refractivity (Wildman–Crippen MR) is 111 cm³/mol. The zero-order valence-corrected chi connectivity index (χ0v) is 17.0. The molecule has 0 aliphatic carbocycles. The molecule has 3 aromatic rings. The highest BCUT2D eigenvalue weighted by atomic mass is 32.2. The van der Waals surface area contributed by atoms with Crippen LogP contribution in [0, 0.1) is 10.1 Å². The van der Waals surface area contributed by atoms with Crippen molar-refractivity contribution in [1.82, 2.24) is 15.2 Å². The van der Waals surface area contributed by atoms with Gasteiger partial charge in [-0.1, -0.05) is 36.9 Å². The number of hydrogen-bond donors (Lipinski definition) is 0. The number of amides is 1. The molecule has 0 spiro atoms. The predicted octanol–water partition coefficient (Wildman–Crippen LogP) is 4.00. The van der Waals surface area contributed by atoms with Crippen molar-refractivity contribution in [3.63, 3.8) is 0 Å². The molecule has 1 aliphatic rings. The summed E-state index contributed by atoms with van der Waals surface area (Å²) in [4.78, 5) is 29.2. The van der Waals surface area contributed by atoms with Crippen LogP contribution in [0.25, 0.3) is 11.3 Å². The van der Waals surface area contributed by atoms with E-state index in [-0.39, 0.29) is 17.5 Å². The number of para-hydroxylation sites is 1. The summed E-state index contributed by atoms with van der Waals surface area (Å²) < 4.78 is 6.20. The fourth-order valence-corrected chi connectivity index (χ4v) is 3.72. The Kier molecular flexibility index (Phi) is 5.32. The van der Waals surface area contributed by atoms with Crippen LogP contribution >= 0.6 is 11.8 Å². The van der Waals surface area contributed by atoms with Crippen LogP contribution in [0.3, 0.4) is 0 Å². The third-order valence-corrected chi connectivity index (χ3v) is 5.23. The molecule has 0 N–H and O–H groups in total. The van der Waals surface area contributed by atoms with Gasteiger partial charge in [0.05, 0.1) is 10.6 Å². The number of nitro groups is 1. The minimum atomic E-state index is -0.873. The summed E-state index contributed by atoms with van der Waals surface area (Å²) in [7, 11) is 0. The van der Waals surface area contributed by atoms with Crippen molar-refractivity contribution < 1.29 is 14.5 Å². The van der Waals surface area contributed by atoms with Gasteiger partial charge in [-0.25, -0.2) is 0 Å². The van der Waals surface area contributed by atoms with Gasteiger partial charge in [0.2, 0.25) is 23.2 Å². The van der Waals surface area contributed by atoms with Crippen molar-refractivity contribution in [2.45, 2.75) is 25.2 Å². The maximum absolute atomic E-state index is 12.7. The van der Waals surface area contributed by atoms with Gasteiger partial charge in [0.1, 0.15) is 0 Å². The summed E-state index contributed by atoms with van der Waals surface area (Å²) in [6.07, 6.45) is -0.873. The highest BCUT2D eigenvalue weighted by Gasteiger charge is 2.34. The number of rotatable bonds is 4. The van der Waals surface area contributed by atoms with Gasteiger partial charge in [0.15, 0.2) is 5.69 Å². The Morgan fingerprint density at radius 1 is 1.20 bits per heavy atom. The van der Waals surface area contributed by atoms with E-state index in [1.165, 1.54) is 35.7 Å². The van der Waals surface area contributed by atoms with Crippen molar-refractivity contribution >= 4 is 29.0 Å². The lowest BCUT2D eigenvalue weighted by Crippen LogP contribution is -2.36. The van der Waals surface area contributed by atoms with Crippen LogP contribution in [0.5, 0.6) is 5.88 Å². The highest BCUT2D eigenvalue weighted by Crippen LogP contribution is 2.43. The zero-order valence-electron chi connectivity index (χ0n) is 16.2. The number of thioether (sulfide) groups is 1. The quantitative estimate of drug-likeness (QED) is 0.352. The molecule has 0 fully saturated rings. The molecule has 10 heteroatoms. The Hall–Kier alpha value is -3.53. The first-order chi connectivity index (χ1) is 14.5. The molecule has 152 valence electrons. The van der Waals surface area contributed by atoms with Crippen LogP contribution in [0.4, 0.5) is 11.4 Å². The molecule has 0 saturated heterocycles. The molecule has 1 aromatic heterocycles. The summed E-state index contributed by atoms with van der Waals surface area (Å²) in [5, 5.41) is 20.0. The SMILES string of the molecule is CCSc1nnc2c(n1)O[C@@H](c1ccc([N+](=O)[O-])cc1)N(C(C)=O)c1ccccc1-2. The van der Waals surface area contributed by atoms with Gasteiger partial charge in [0, 0.05) is 30.2 Å². The molecule has 1 atom stereocenters. The number of fused-ring (bicyclic) bond motifs is 3. The van der Waals surface area contributed by atoms with E-state index < -0.39 is 11.2 Å². The standard InChI is InChI=1S/C20H17N5O4S/c1-3-30-20-21-18-17(22-23-20)15-6-4-5-7-16(15)24(12(2)26)19(29-18)13-8-10-14(11-9-13)25(27)28/h4-11,19H,3H2,1-2H3/t19-/m0/s1. The minimum Gasteiger partial charge on any atom is -0.447 e. The minimum absolute atomic E-state index is 0.0480. The molecule has 9 nitrogen and oxygen atoms in total. The molecule has 0 unspecified atom stereocenters. The smallest absolute Gasteiger partial charge is 0.269 e. The normalized spacial score (nSPS) is 14.9. The summed E-state index contributed by atoms with van der Waals surface area (Å²) in [6, 6.07) is 13.2. The monoisotopic (exact) mass is 423 g/mol. The topological polar surface area (TPSA) is 111 Å². The van der Waals surface area contributed by atoms with E-state index in [0.717, 1.165) is 5.75 Å². The van der Waals surface area contributed by atoms with Crippen LogP contribution in [0.15, 0.2) is 53.7 Å². The van der Waals surface area contributed by atoms with Crippen LogP contribution in [-0.2, 0) is 4.79 Å². The van der Waals surface area contributed by atoms with Gasteiger partial charge in [-0.3, -0.25) is 19.8 Å². The highest BCUT2D eigenvalue weighted by molar-refractivity contribution is 7.99. The third-order valence-electron chi connectivity index (χ3n) is 4.51. The Labute approximate surface area is 176 Å². The lowest BCUT2D eigenvalue weighted by molar-refractivity contribution is -0.384. The number of non-ortho nitro benzene ring substituents is 1. The van der Waals surface area contributed by atoms with Gasteiger partial charge in [-0.15, -0.1) is 10.2 Å². The van der Waals surface area contributed by atoms with E-state index in [4.69, 9.17) is 4.74 Å². The van der Waals surface area contributed by atoms with Crippen molar-refractivity contribution in [1.29, 1.82) is 0 Å². The number of ether oxygens (including phenoxy) is 1. The van der Waals surface area contributed by atoms with E-state index >= 15 is 0 Å². The second-order valence-corrected chi connectivity index (χ2v) is 7.64. The van der Waals surface area contributed by atoms with Gasteiger partial charge in [0.25, 0.3) is 5.69 Å². The number of carbonyl (C=O) groups excluding carboxylic acids is 1. The van der Waals surface area contributed by atoms with Crippen molar-refractivity contribution in [3.05, 3.63) is 64.2 Å². The molecule has 1 amide bonds. The van der Waals surface area contributed by atoms with E-state index in [9.17, 15) is 14.9 Å². The fraction of sp³-hybridized carbons (Fsp3) is 0.200. The Balaban J connectivity index is 1.90. The van der Waals surface area contributed by atoms with Crippen LogP contribution in [0.1, 0.15) is 25.6 Å². The van der Waals surface area contributed by atoms with Gasteiger partial charge in [-0.05, 0) is 24.0 Å². The Morgan fingerprint density at radius 3 is 2.60 bits per heavy atom. The average Bonchev–Trinajstić information content (AvgIpc) is 2.88. The Bertz CT molecular complexity index is 1120. The van der Waals surface area contributed by atoms with Gasteiger partial charge in [-0.2, -0.15) is 4.98 Å². The van der Waals surface area contributed by atoms with E-state index in [1.807, 2.05) is 25.1 Å². The Morgan fingerprint density at radius 2 is 1.93 bits per heavy atom. The summed E-state index contributed by atoms with van der Waals surface area (Å²) in [6.45, 7) is 3.42. The van der Waals surface area contributed by atoms with Crippen LogP contribution in [-0.4, -0.2) is 31.8 Å². The first kappa shape index (κ1) is 19.8. The number of carbonyl (C=O) groups is 1. The molecule has 2 heterocycles. The zero-order chi connectivity index (χ0) is 21.3. The molecule has 4 rings (SSSR count). The molecule has 30 heavy (non-hydrogen) atoms. The summed E-state index contributed by atoms with van der Waals surface area (Å²) in [5.74, 6) is 0.762. The second-order valence-electron chi connectivity index (χ2n) is 6.41. The number of nitrogens with zero attached hydrogens (tertiary/aromatic N) is 5. The number of aromatic nitrogens is 3. The lowest BCUT2D eigenvalue weighted by Gasteiger charge is -2.29. The lowest BCUT2D eigenvalue weighted by atomic mass is 10.1. The molecular formula is C20H17N5O4S. The molecule has 1 aliphatic heterocycles. The number of benzene rings is 2. The number of anilines is 1. The average molecular weight is 423 g/mol. The molecule has 2 aromatic carbocycles. The molecular weight excluding hydrogens is 406 g/mol. The number of nitro benzene ring substituents is 1.